The van der Waals surface area contributed by atoms with E-state index >= 15 is 0 Å². The molecule has 0 spiro atoms. The van der Waals surface area contributed by atoms with E-state index in [0.29, 0.717) is 24.7 Å². The number of carbonyl (C=O) groups is 1. The number of rotatable bonds is 4. The SMILES string of the molecule is CCC[C@]12CCC(C)C(C)(C1COC)[C@H](O)CC(C)(C)C(=O)[C@@H]2C. The van der Waals surface area contributed by atoms with Gasteiger partial charge in [-0.05, 0) is 42.9 Å². The van der Waals surface area contributed by atoms with Crippen LogP contribution in [0.15, 0.2) is 0 Å². The predicted octanol–water partition coefficient (Wildman–Crippen LogP) is 4.47. The van der Waals surface area contributed by atoms with Gasteiger partial charge in [0.25, 0.3) is 0 Å². The van der Waals surface area contributed by atoms with E-state index in [4.69, 9.17) is 4.74 Å². The fraction of sp³-hybridized carbons (Fsp3) is 0.952. The molecule has 140 valence electrons. The monoisotopic (exact) mass is 338 g/mol. The Morgan fingerprint density at radius 2 is 1.88 bits per heavy atom. The van der Waals surface area contributed by atoms with Gasteiger partial charge in [0.1, 0.15) is 5.78 Å². The standard InChI is InChI=1S/C21H38O3/c1-8-10-21-11-9-14(2)20(6,16(21)13-24-7)17(22)12-19(4,5)18(23)15(21)3/h14-17,22H,8-13H2,1-7H3/t14?,15-,16?,17+,20?,21+/m0/s1. The summed E-state index contributed by atoms with van der Waals surface area (Å²) in [6.07, 6.45) is 4.36. The number of hydrogen-bond acceptors (Lipinski definition) is 3. The lowest BCUT2D eigenvalue weighted by atomic mass is 9.42. The molecule has 1 N–H and O–H groups in total. The maximum absolute atomic E-state index is 13.3. The highest BCUT2D eigenvalue weighted by molar-refractivity contribution is 5.87. The smallest absolute Gasteiger partial charge is 0.141 e. The molecule has 0 heterocycles. The second-order valence-electron chi connectivity index (χ2n) is 9.49. The van der Waals surface area contributed by atoms with Crippen molar-refractivity contribution in [1.82, 2.24) is 0 Å². The third-order valence-corrected chi connectivity index (χ3v) is 7.94. The molecule has 0 aliphatic heterocycles. The van der Waals surface area contributed by atoms with Crippen LogP contribution in [0, 0.1) is 34.0 Å². The first-order valence-corrected chi connectivity index (χ1v) is 9.79. The molecule has 2 bridgehead atoms. The molecule has 3 unspecified atom stereocenters. The molecule has 0 amide bonds. The molecule has 2 aliphatic rings. The van der Waals surface area contributed by atoms with E-state index in [1.807, 2.05) is 13.8 Å². The highest BCUT2D eigenvalue weighted by Crippen LogP contribution is 2.63. The Morgan fingerprint density at radius 1 is 1.25 bits per heavy atom. The number of Topliss-reactive ketones (excluding diaryl/α,β-unsaturated/α-hetero) is 1. The second kappa shape index (κ2) is 6.72. The Bertz CT molecular complexity index is 472. The summed E-state index contributed by atoms with van der Waals surface area (Å²) in [7, 11) is 1.75. The molecule has 2 saturated carbocycles. The molecular formula is C21H38O3. The Kier molecular flexibility index (Phi) is 5.57. The molecule has 3 nitrogen and oxygen atoms in total. The number of ether oxygens (including phenoxy) is 1. The van der Waals surface area contributed by atoms with Crippen LogP contribution in [0.2, 0.25) is 0 Å². The summed E-state index contributed by atoms with van der Waals surface area (Å²) in [6, 6.07) is 0. The van der Waals surface area contributed by atoms with Gasteiger partial charge in [-0.2, -0.15) is 0 Å². The van der Waals surface area contributed by atoms with Crippen LogP contribution in [0.25, 0.3) is 0 Å². The Morgan fingerprint density at radius 3 is 2.42 bits per heavy atom. The summed E-state index contributed by atoms with van der Waals surface area (Å²) < 4.78 is 5.66. The van der Waals surface area contributed by atoms with Gasteiger partial charge < -0.3 is 9.84 Å². The van der Waals surface area contributed by atoms with Crippen LogP contribution in [-0.4, -0.2) is 30.7 Å². The van der Waals surface area contributed by atoms with Crippen LogP contribution in [0.1, 0.15) is 73.6 Å². The number of aliphatic hydroxyl groups excluding tert-OH is 1. The molecule has 0 radical (unpaired) electrons. The van der Waals surface area contributed by atoms with Crippen molar-refractivity contribution in [3.63, 3.8) is 0 Å². The van der Waals surface area contributed by atoms with E-state index in [1.54, 1.807) is 7.11 Å². The van der Waals surface area contributed by atoms with E-state index in [1.165, 1.54) is 0 Å². The molecule has 2 fully saturated rings. The molecule has 3 heteroatoms. The number of hydrogen-bond donors (Lipinski definition) is 1. The van der Waals surface area contributed by atoms with E-state index in [9.17, 15) is 9.90 Å². The Labute approximate surface area is 148 Å². The van der Waals surface area contributed by atoms with Gasteiger partial charge in [0.15, 0.2) is 0 Å². The molecule has 0 aromatic heterocycles. The van der Waals surface area contributed by atoms with Crippen molar-refractivity contribution < 1.29 is 14.6 Å². The van der Waals surface area contributed by atoms with E-state index in [2.05, 4.69) is 27.7 Å². The normalized spacial score (nSPS) is 45.6. The van der Waals surface area contributed by atoms with Crippen molar-refractivity contribution in [2.24, 2.45) is 34.0 Å². The molecule has 0 saturated heterocycles. The highest BCUT2D eigenvalue weighted by atomic mass is 16.5. The zero-order chi connectivity index (χ0) is 18.3. The average molecular weight is 339 g/mol. The number of methoxy groups -OCH3 is 1. The average Bonchev–Trinajstić information content (AvgIpc) is 2.52. The van der Waals surface area contributed by atoms with Gasteiger partial charge in [0.05, 0.1) is 12.7 Å². The molecule has 2 rings (SSSR count). The van der Waals surface area contributed by atoms with Gasteiger partial charge in [-0.3, -0.25) is 4.79 Å². The molecule has 2 aliphatic carbocycles. The summed E-state index contributed by atoms with van der Waals surface area (Å²) in [5.41, 5.74) is -0.717. The first-order chi connectivity index (χ1) is 11.1. The first kappa shape index (κ1) is 19.9. The van der Waals surface area contributed by atoms with Crippen LogP contribution in [0.3, 0.4) is 0 Å². The quantitative estimate of drug-likeness (QED) is 0.823. The maximum Gasteiger partial charge on any atom is 0.141 e. The van der Waals surface area contributed by atoms with Crippen LogP contribution in [-0.2, 0) is 9.53 Å². The van der Waals surface area contributed by atoms with Crippen molar-refractivity contribution >= 4 is 5.78 Å². The summed E-state index contributed by atoms with van der Waals surface area (Å²) in [5.74, 6) is 1.01. The van der Waals surface area contributed by atoms with Gasteiger partial charge in [0, 0.05) is 23.9 Å². The van der Waals surface area contributed by atoms with Crippen molar-refractivity contribution in [2.45, 2.75) is 79.8 Å². The highest BCUT2D eigenvalue weighted by Gasteiger charge is 2.62. The number of aliphatic hydroxyl groups is 1. The number of carbonyl (C=O) groups excluding carboxylic acids is 1. The number of ketones is 1. The molecule has 24 heavy (non-hydrogen) atoms. The van der Waals surface area contributed by atoms with Gasteiger partial charge in [-0.1, -0.05) is 48.0 Å². The van der Waals surface area contributed by atoms with Crippen LogP contribution < -0.4 is 0 Å². The number of fused-ring (bicyclic) bond motifs is 2. The van der Waals surface area contributed by atoms with E-state index in [-0.39, 0.29) is 22.7 Å². The summed E-state index contributed by atoms with van der Waals surface area (Å²) in [5, 5.41) is 11.3. The van der Waals surface area contributed by atoms with Crippen LogP contribution in [0.4, 0.5) is 0 Å². The van der Waals surface area contributed by atoms with Gasteiger partial charge >= 0.3 is 0 Å². The van der Waals surface area contributed by atoms with Gasteiger partial charge in [-0.25, -0.2) is 0 Å². The van der Waals surface area contributed by atoms with Gasteiger partial charge in [-0.15, -0.1) is 0 Å². The molecular weight excluding hydrogens is 300 g/mol. The summed E-state index contributed by atoms with van der Waals surface area (Å²) in [6.45, 7) is 13.6. The van der Waals surface area contributed by atoms with Crippen LogP contribution >= 0.6 is 0 Å². The first-order valence-electron chi connectivity index (χ1n) is 9.79. The minimum atomic E-state index is -0.464. The van der Waals surface area contributed by atoms with Crippen molar-refractivity contribution in [3.8, 4) is 0 Å². The van der Waals surface area contributed by atoms with Crippen molar-refractivity contribution in [2.75, 3.05) is 13.7 Å². The zero-order valence-corrected chi connectivity index (χ0v) is 16.8. The van der Waals surface area contributed by atoms with Crippen molar-refractivity contribution in [3.05, 3.63) is 0 Å². The second-order valence-corrected chi connectivity index (χ2v) is 9.49. The minimum Gasteiger partial charge on any atom is -0.393 e. The summed E-state index contributed by atoms with van der Waals surface area (Å²) in [4.78, 5) is 13.3. The fourth-order valence-corrected chi connectivity index (χ4v) is 6.16. The lowest BCUT2D eigenvalue weighted by Gasteiger charge is -2.62. The van der Waals surface area contributed by atoms with Gasteiger partial charge in [0.2, 0.25) is 0 Å². The third-order valence-electron chi connectivity index (χ3n) is 7.94. The Balaban J connectivity index is 2.67. The molecule has 6 atom stereocenters. The Hall–Kier alpha value is -0.410. The predicted molar refractivity (Wildman–Crippen MR) is 97.8 cm³/mol. The maximum atomic E-state index is 13.3. The fourth-order valence-electron chi connectivity index (χ4n) is 6.16. The lowest BCUT2D eigenvalue weighted by Crippen LogP contribution is -2.62. The molecule has 0 aromatic carbocycles. The largest absolute Gasteiger partial charge is 0.393 e. The van der Waals surface area contributed by atoms with E-state index < -0.39 is 11.5 Å². The molecule has 0 aromatic rings. The van der Waals surface area contributed by atoms with Crippen LogP contribution in [0.5, 0.6) is 0 Å². The third kappa shape index (κ3) is 2.76. The van der Waals surface area contributed by atoms with E-state index in [0.717, 1.165) is 25.7 Å². The summed E-state index contributed by atoms with van der Waals surface area (Å²) >= 11 is 0. The lowest BCUT2D eigenvalue weighted by molar-refractivity contribution is -0.194. The topological polar surface area (TPSA) is 46.5 Å². The zero-order valence-electron chi connectivity index (χ0n) is 16.8. The minimum absolute atomic E-state index is 0.0203. The van der Waals surface area contributed by atoms with Crippen molar-refractivity contribution in [1.29, 1.82) is 0 Å².